The van der Waals surface area contributed by atoms with E-state index in [0.717, 1.165) is 18.4 Å². The van der Waals surface area contributed by atoms with Crippen molar-refractivity contribution in [3.63, 3.8) is 0 Å². The van der Waals surface area contributed by atoms with Gasteiger partial charge >= 0.3 is 0 Å². The summed E-state index contributed by atoms with van der Waals surface area (Å²) in [5.74, 6) is 0.616. The van der Waals surface area contributed by atoms with Crippen molar-refractivity contribution in [3.8, 4) is 5.88 Å². The van der Waals surface area contributed by atoms with Crippen molar-refractivity contribution in [1.82, 2.24) is 14.6 Å². The van der Waals surface area contributed by atoms with Crippen LogP contribution in [-0.4, -0.2) is 26.7 Å². The van der Waals surface area contributed by atoms with Crippen LogP contribution in [-0.2, 0) is 0 Å². The Morgan fingerprint density at radius 1 is 1.28 bits per heavy atom. The van der Waals surface area contributed by atoms with E-state index in [1.54, 1.807) is 23.1 Å². The topological polar surface area (TPSA) is 65.4 Å². The van der Waals surface area contributed by atoms with Crippen LogP contribution < -0.4 is 10.5 Å². The first kappa shape index (κ1) is 11.5. The summed E-state index contributed by atoms with van der Waals surface area (Å²) in [6.07, 6.45) is 11.0. The van der Waals surface area contributed by atoms with Crippen LogP contribution in [0.3, 0.4) is 0 Å². The Morgan fingerprint density at radius 2 is 2.11 bits per heavy atom. The molecular weight excluding hydrogens is 228 g/mol. The van der Waals surface area contributed by atoms with Crippen LogP contribution in [0, 0.1) is 0 Å². The summed E-state index contributed by atoms with van der Waals surface area (Å²) < 4.78 is 7.58. The highest BCUT2D eigenvalue weighted by Gasteiger charge is 2.28. The van der Waals surface area contributed by atoms with Crippen LogP contribution in [0.4, 0.5) is 0 Å². The number of fused-ring (bicyclic) bond motifs is 1. The van der Waals surface area contributed by atoms with Gasteiger partial charge in [0.1, 0.15) is 12.1 Å². The van der Waals surface area contributed by atoms with Crippen molar-refractivity contribution in [3.05, 3.63) is 24.7 Å². The molecule has 5 heteroatoms. The van der Waals surface area contributed by atoms with Crippen LogP contribution in [0.2, 0.25) is 0 Å². The van der Waals surface area contributed by atoms with Gasteiger partial charge in [-0.05, 0) is 18.9 Å². The van der Waals surface area contributed by atoms with Gasteiger partial charge in [0.05, 0.1) is 11.7 Å². The van der Waals surface area contributed by atoms with Crippen molar-refractivity contribution in [1.29, 1.82) is 0 Å². The highest BCUT2D eigenvalue weighted by atomic mass is 16.5. The molecule has 96 valence electrons. The third-order valence-electron chi connectivity index (χ3n) is 3.63. The van der Waals surface area contributed by atoms with E-state index in [2.05, 4.69) is 10.1 Å². The van der Waals surface area contributed by atoms with Gasteiger partial charge in [0, 0.05) is 12.4 Å². The van der Waals surface area contributed by atoms with E-state index in [-0.39, 0.29) is 5.54 Å². The minimum absolute atomic E-state index is 0.188. The molecule has 2 N–H and O–H groups in total. The van der Waals surface area contributed by atoms with E-state index < -0.39 is 0 Å². The molecule has 2 aromatic rings. The number of aromatic nitrogens is 3. The highest BCUT2D eigenvalue weighted by Crippen LogP contribution is 2.27. The summed E-state index contributed by atoms with van der Waals surface area (Å²) in [4.78, 5) is 4.26. The molecule has 2 aromatic heterocycles. The van der Waals surface area contributed by atoms with Gasteiger partial charge in [-0.25, -0.2) is 9.50 Å². The highest BCUT2D eigenvalue weighted by molar-refractivity contribution is 5.54. The maximum Gasteiger partial charge on any atom is 0.240 e. The molecule has 0 aromatic carbocycles. The number of nitrogens with zero attached hydrogens (tertiary/aromatic N) is 3. The molecule has 0 unspecified atom stereocenters. The van der Waals surface area contributed by atoms with E-state index in [0.29, 0.717) is 12.5 Å². The Hall–Kier alpha value is -1.62. The smallest absolute Gasteiger partial charge is 0.240 e. The molecule has 3 rings (SSSR count). The molecule has 1 fully saturated rings. The predicted octanol–water partition coefficient (Wildman–Crippen LogP) is 1.77. The average molecular weight is 246 g/mol. The lowest BCUT2D eigenvalue weighted by molar-refractivity contribution is 0.170. The SMILES string of the molecule is NC1(COc2nccn3nccc23)CCCCC1. The maximum absolute atomic E-state index is 6.35. The van der Waals surface area contributed by atoms with E-state index in [1.165, 1.54) is 19.3 Å². The van der Waals surface area contributed by atoms with Gasteiger partial charge < -0.3 is 10.5 Å². The van der Waals surface area contributed by atoms with Crippen molar-refractivity contribution in [2.24, 2.45) is 5.73 Å². The van der Waals surface area contributed by atoms with Crippen LogP contribution in [0.1, 0.15) is 32.1 Å². The summed E-state index contributed by atoms with van der Waals surface area (Å²) >= 11 is 0. The predicted molar refractivity (Wildman–Crippen MR) is 68.5 cm³/mol. The fourth-order valence-corrected chi connectivity index (χ4v) is 2.56. The fourth-order valence-electron chi connectivity index (χ4n) is 2.56. The van der Waals surface area contributed by atoms with Crippen molar-refractivity contribution >= 4 is 5.52 Å². The van der Waals surface area contributed by atoms with Crippen LogP contribution in [0.5, 0.6) is 5.88 Å². The van der Waals surface area contributed by atoms with E-state index in [4.69, 9.17) is 10.5 Å². The Labute approximate surface area is 106 Å². The first-order valence-corrected chi connectivity index (χ1v) is 6.47. The molecule has 1 aliphatic carbocycles. The van der Waals surface area contributed by atoms with Crippen LogP contribution in [0.25, 0.3) is 5.52 Å². The molecule has 0 atom stereocenters. The standard InChI is InChI=1S/C13H18N4O/c14-13(5-2-1-3-6-13)10-18-12-11-4-7-16-17(11)9-8-15-12/h4,7-9H,1-3,5-6,10,14H2. The van der Waals surface area contributed by atoms with Gasteiger partial charge in [-0.1, -0.05) is 19.3 Å². The summed E-state index contributed by atoms with van der Waals surface area (Å²) in [6, 6.07) is 1.90. The van der Waals surface area contributed by atoms with Crippen LogP contribution in [0.15, 0.2) is 24.7 Å². The van der Waals surface area contributed by atoms with Gasteiger partial charge in [0.25, 0.3) is 0 Å². The largest absolute Gasteiger partial charge is 0.474 e. The second kappa shape index (κ2) is 4.57. The normalized spacial score (nSPS) is 18.9. The molecule has 18 heavy (non-hydrogen) atoms. The van der Waals surface area contributed by atoms with Gasteiger partial charge in [0.2, 0.25) is 5.88 Å². The molecule has 0 spiro atoms. The van der Waals surface area contributed by atoms with Crippen molar-refractivity contribution in [2.75, 3.05) is 6.61 Å². The molecule has 2 heterocycles. The third kappa shape index (κ3) is 2.18. The number of rotatable bonds is 3. The zero-order valence-electron chi connectivity index (χ0n) is 10.4. The molecule has 1 aliphatic rings. The van der Waals surface area contributed by atoms with Crippen molar-refractivity contribution in [2.45, 2.75) is 37.6 Å². The zero-order chi connectivity index (χ0) is 12.4. The summed E-state index contributed by atoms with van der Waals surface area (Å²) in [6.45, 7) is 0.533. The molecule has 5 nitrogen and oxygen atoms in total. The molecular formula is C13H18N4O. The van der Waals surface area contributed by atoms with E-state index in [1.807, 2.05) is 6.07 Å². The number of nitrogens with two attached hydrogens (primary N) is 1. The van der Waals surface area contributed by atoms with Crippen LogP contribution >= 0.6 is 0 Å². The minimum Gasteiger partial charge on any atom is -0.474 e. The minimum atomic E-state index is -0.188. The number of hydrogen-bond donors (Lipinski definition) is 1. The monoisotopic (exact) mass is 246 g/mol. The Kier molecular flexibility index (Phi) is 2.91. The summed E-state index contributed by atoms with van der Waals surface area (Å²) in [7, 11) is 0. The van der Waals surface area contributed by atoms with Gasteiger partial charge in [-0.3, -0.25) is 0 Å². The lowest BCUT2D eigenvalue weighted by Gasteiger charge is -2.32. The Balaban J connectivity index is 1.74. The molecule has 1 saturated carbocycles. The summed E-state index contributed by atoms with van der Waals surface area (Å²) in [5.41, 5.74) is 7.05. The fraction of sp³-hybridized carbons (Fsp3) is 0.538. The molecule has 0 radical (unpaired) electrons. The van der Waals surface area contributed by atoms with E-state index in [9.17, 15) is 0 Å². The quantitative estimate of drug-likeness (QED) is 0.896. The summed E-state index contributed by atoms with van der Waals surface area (Å²) in [5, 5.41) is 4.16. The Bertz CT molecular complexity index is 531. The maximum atomic E-state index is 6.35. The van der Waals surface area contributed by atoms with E-state index >= 15 is 0 Å². The van der Waals surface area contributed by atoms with Gasteiger partial charge in [-0.2, -0.15) is 5.10 Å². The average Bonchev–Trinajstić information content (AvgIpc) is 2.86. The van der Waals surface area contributed by atoms with Gasteiger partial charge in [-0.15, -0.1) is 0 Å². The molecule has 0 amide bonds. The zero-order valence-corrected chi connectivity index (χ0v) is 10.4. The van der Waals surface area contributed by atoms with Crippen molar-refractivity contribution < 1.29 is 4.74 Å². The number of ether oxygens (including phenoxy) is 1. The second-order valence-corrected chi connectivity index (χ2v) is 5.11. The first-order valence-electron chi connectivity index (χ1n) is 6.47. The first-order chi connectivity index (χ1) is 8.77. The molecule has 0 bridgehead atoms. The lowest BCUT2D eigenvalue weighted by Crippen LogP contribution is -2.47. The lowest BCUT2D eigenvalue weighted by atomic mass is 9.83. The molecule has 0 aliphatic heterocycles. The van der Waals surface area contributed by atoms with Gasteiger partial charge in [0.15, 0.2) is 0 Å². The molecule has 0 saturated heterocycles. The number of hydrogen-bond acceptors (Lipinski definition) is 4. The third-order valence-corrected chi connectivity index (χ3v) is 3.63. The second-order valence-electron chi connectivity index (χ2n) is 5.11. The Morgan fingerprint density at radius 3 is 2.94 bits per heavy atom.